The predicted octanol–water partition coefficient (Wildman–Crippen LogP) is 4.15. The lowest BCUT2D eigenvalue weighted by atomic mass is 9.87. The molecule has 1 aromatic rings. The van der Waals surface area contributed by atoms with Crippen LogP contribution in [-0.4, -0.2) is 13.7 Å². The van der Waals surface area contributed by atoms with Gasteiger partial charge in [-0.25, -0.2) is 0 Å². The van der Waals surface area contributed by atoms with Crippen molar-refractivity contribution in [2.24, 2.45) is 0 Å². The minimum absolute atomic E-state index is 0.465. The van der Waals surface area contributed by atoms with Crippen LogP contribution in [0.2, 0.25) is 0 Å². The lowest BCUT2D eigenvalue weighted by Crippen LogP contribution is -2.27. The fourth-order valence-electron chi connectivity index (χ4n) is 3.44. The number of ether oxygens (including phenoxy) is 1. The Morgan fingerprint density at radius 3 is 2.79 bits per heavy atom. The number of hydrogen-bond donors (Lipinski definition) is 1. The maximum Gasteiger partial charge on any atom is 0.138 e. The van der Waals surface area contributed by atoms with Gasteiger partial charge < -0.3 is 10.1 Å². The number of fused-ring (bicyclic) bond motifs is 1. The summed E-state index contributed by atoms with van der Waals surface area (Å²) in [5.41, 5.74) is 4.36. The Labute approximate surface area is 124 Å². The zero-order valence-corrected chi connectivity index (χ0v) is 13.2. The van der Waals surface area contributed by atoms with Crippen molar-refractivity contribution in [1.29, 1.82) is 0 Å². The van der Waals surface area contributed by atoms with Gasteiger partial charge in [0.1, 0.15) is 5.75 Å². The zero-order valence-electron chi connectivity index (χ0n) is 11.6. The third kappa shape index (κ3) is 2.55. The molecule has 1 aliphatic heterocycles. The summed E-state index contributed by atoms with van der Waals surface area (Å²) >= 11 is 3.79. The Morgan fingerprint density at radius 2 is 2.05 bits per heavy atom. The number of methoxy groups -OCH3 is 1. The molecular weight excluding hydrogens is 302 g/mol. The molecule has 1 aromatic carbocycles. The number of nitrogens with one attached hydrogen (secondary N) is 1. The van der Waals surface area contributed by atoms with E-state index in [1.54, 1.807) is 7.11 Å². The Balaban J connectivity index is 2.04. The molecule has 19 heavy (non-hydrogen) atoms. The Bertz CT molecular complexity index is 466. The highest BCUT2D eigenvalue weighted by Crippen LogP contribution is 2.42. The molecule has 0 aromatic heterocycles. The van der Waals surface area contributed by atoms with E-state index < -0.39 is 0 Å². The smallest absolute Gasteiger partial charge is 0.138 e. The summed E-state index contributed by atoms with van der Waals surface area (Å²) in [6, 6.07) is 2.87. The Hall–Kier alpha value is -0.540. The molecule has 0 saturated carbocycles. The molecule has 104 valence electrons. The minimum atomic E-state index is 0.465. The number of halogens is 1. The van der Waals surface area contributed by atoms with Gasteiger partial charge in [-0.15, -0.1) is 0 Å². The summed E-state index contributed by atoms with van der Waals surface area (Å²) in [7, 11) is 1.79. The molecule has 3 heteroatoms. The average molecular weight is 324 g/mol. The first-order chi connectivity index (χ1) is 9.31. The van der Waals surface area contributed by atoms with Gasteiger partial charge in [0.25, 0.3) is 0 Å². The number of aryl methyl sites for hydroxylation is 1. The molecule has 0 spiro atoms. The van der Waals surface area contributed by atoms with Crippen LogP contribution in [0.1, 0.15) is 54.8 Å². The minimum Gasteiger partial charge on any atom is -0.495 e. The van der Waals surface area contributed by atoms with E-state index in [0.717, 1.165) is 12.3 Å². The van der Waals surface area contributed by atoms with E-state index in [0.29, 0.717) is 6.04 Å². The lowest BCUT2D eigenvalue weighted by Gasteiger charge is -2.28. The first-order valence-corrected chi connectivity index (χ1v) is 8.22. The van der Waals surface area contributed by atoms with Gasteiger partial charge in [-0.1, -0.05) is 12.5 Å². The van der Waals surface area contributed by atoms with Crippen LogP contribution in [-0.2, 0) is 12.8 Å². The van der Waals surface area contributed by atoms with Gasteiger partial charge in [0, 0.05) is 11.6 Å². The quantitative estimate of drug-likeness (QED) is 0.882. The summed E-state index contributed by atoms with van der Waals surface area (Å²) in [6.07, 6.45) is 8.86. The van der Waals surface area contributed by atoms with Gasteiger partial charge in [0.15, 0.2) is 0 Å². The van der Waals surface area contributed by atoms with Crippen molar-refractivity contribution in [3.63, 3.8) is 0 Å². The maximum absolute atomic E-state index is 5.71. The van der Waals surface area contributed by atoms with Gasteiger partial charge in [-0.2, -0.15) is 0 Å². The molecule has 1 heterocycles. The molecule has 1 saturated heterocycles. The summed E-state index contributed by atoms with van der Waals surface area (Å²) < 4.78 is 6.91. The van der Waals surface area contributed by atoms with E-state index in [-0.39, 0.29) is 0 Å². The van der Waals surface area contributed by atoms with Crippen LogP contribution in [0.5, 0.6) is 5.75 Å². The molecule has 1 fully saturated rings. The third-order valence-corrected chi connectivity index (χ3v) is 5.30. The predicted molar refractivity (Wildman–Crippen MR) is 81.9 cm³/mol. The molecule has 1 aliphatic carbocycles. The number of benzene rings is 1. The normalized spacial score (nSPS) is 22.9. The highest BCUT2D eigenvalue weighted by Gasteiger charge is 2.24. The number of hydrogen-bond acceptors (Lipinski definition) is 2. The van der Waals surface area contributed by atoms with Crippen molar-refractivity contribution in [1.82, 2.24) is 5.32 Å². The third-order valence-electron chi connectivity index (χ3n) is 4.46. The largest absolute Gasteiger partial charge is 0.495 e. The molecule has 1 N–H and O–H groups in total. The Kier molecular flexibility index (Phi) is 4.13. The van der Waals surface area contributed by atoms with E-state index in [9.17, 15) is 0 Å². The highest BCUT2D eigenvalue weighted by molar-refractivity contribution is 9.10. The molecular formula is C16H22BrNO. The van der Waals surface area contributed by atoms with Crippen LogP contribution in [0, 0.1) is 0 Å². The van der Waals surface area contributed by atoms with Crippen LogP contribution in [0.3, 0.4) is 0 Å². The van der Waals surface area contributed by atoms with Crippen LogP contribution < -0.4 is 10.1 Å². The highest BCUT2D eigenvalue weighted by atomic mass is 79.9. The maximum atomic E-state index is 5.71. The van der Waals surface area contributed by atoms with Crippen LogP contribution in [0.4, 0.5) is 0 Å². The van der Waals surface area contributed by atoms with E-state index in [1.165, 1.54) is 66.1 Å². The average Bonchev–Trinajstić information content (AvgIpc) is 2.48. The van der Waals surface area contributed by atoms with E-state index in [4.69, 9.17) is 4.74 Å². The summed E-state index contributed by atoms with van der Waals surface area (Å²) in [5, 5.41) is 3.64. The molecule has 0 bridgehead atoms. The SMILES string of the molecule is COc1c(C2CCCCN2)cc2c(c1Br)CCCC2. The molecule has 1 unspecified atom stereocenters. The second-order valence-electron chi connectivity index (χ2n) is 5.66. The fourth-order valence-corrected chi connectivity index (χ4v) is 4.28. The van der Waals surface area contributed by atoms with Crippen molar-refractivity contribution in [3.8, 4) is 5.75 Å². The monoisotopic (exact) mass is 323 g/mol. The topological polar surface area (TPSA) is 21.3 Å². The summed E-state index contributed by atoms with van der Waals surface area (Å²) in [6.45, 7) is 1.13. The van der Waals surface area contributed by atoms with Crippen LogP contribution >= 0.6 is 15.9 Å². The standard InChI is InChI=1S/C16H22BrNO/c1-19-16-13(14-8-4-5-9-18-14)10-11-6-2-3-7-12(11)15(16)17/h10,14,18H,2-9H2,1H3. The first-order valence-electron chi connectivity index (χ1n) is 7.42. The van der Waals surface area contributed by atoms with Gasteiger partial charge >= 0.3 is 0 Å². The number of rotatable bonds is 2. The Morgan fingerprint density at radius 1 is 1.21 bits per heavy atom. The molecule has 2 nitrogen and oxygen atoms in total. The first kappa shape index (κ1) is 13.4. The van der Waals surface area contributed by atoms with Gasteiger partial charge in [-0.05, 0) is 72.1 Å². The van der Waals surface area contributed by atoms with Crippen LogP contribution in [0.25, 0.3) is 0 Å². The van der Waals surface area contributed by atoms with Crippen molar-refractivity contribution in [2.75, 3.05) is 13.7 Å². The van der Waals surface area contributed by atoms with Crippen molar-refractivity contribution in [3.05, 3.63) is 27.2 Å². The summed E-state index contributed by atoms with van der Waals surface area (Å²) in [5.74, 6) is 1.06. The van der Waals surface area contributed by atoms with Crippen molar-refractivity contribution >= 4 is 15.9 Å². The summed E-state index contributed by atoms with van der Waals surface area (Å²) in [4.78, 5) is 0. The van der Waals surface area contributed by atoms with Gasteiger partial charge in [0.05, 0.1) is 11.6 Å². The fraction of sp³-hybridized carbons (Fsp3) is 0.625. The second-order valence-corrected chi connectivity index (χ2v) is 6.45. The molecule has 2 aliphatic rings. The second kappa shape index (κ2) is 5.84. The molecule has 0 radical (unpaired) electrons. The van der Waals surface area contributed by atoms with Gasteiger partial charge in [0.2, 0.25) is 0 Å². The van der Waals surface area contributed by atoms with E-state index in [2.05, 4.69) is 27.3 Å². The number of piperidine rings is 1. The lowest BCUT2D eigenvalue weighted by molar-refractivity contribution is 0.370. The molecule has 3 rings (SSSR count). The van der Waals surface area contributed by atoms with Crippen molar-refractivity contribution < 1.29 is 4.74 Å². The molecule has 0 amide bonds. The van der Waals surface area contributed by atoms with E-state index in [1.807, 2.05) is 0 Å². The molecule has 1 atom stereocenters. The van der Waals surface area contributed by atoms with Crippen LogP contribution in [0.15, 0.2) is 10.5 Å². The van der Waals surface area contributed by atoms with Crippen molar-refractivity contribution in [2.45, 2.75) is 51.0 Å². The zero-order chi connectivity index (χ0) is 13.2. The van der Waals surface area contributed by atoms with Gasteiger partial charge in [-0.3, -0.25) is 0 Å². The van der Waals surface area contributed by atoms with E-state index >= 15 is 0 Å².